The number of anilines is 1. The third-order valence-corrected chi connectivity index (χ3v) is 4.60. The van der Waals surface area contributed by atoms with E-state index in [0.717, 1.165) is 5.56 Å². The van der Waals surface area contributed by atoms with Gasteiger partial charge in [-0.1, -0.05) is 30.3 Å². The monoisotopic (exact) mass is 433 g/mol. The lowest BCUT2D eigenvalue weighted by atomic mass is 10.1. The van der Waals surface area contributed by atoms with Crippen LogP contribution in [0, 0.1) is 0 Å². The molecule has 2 N–H and O–H groups in total. The Hall–Kier alpha value is -4.13. The number of carboxylic acids is 1. The highest BCUT2D eigenvalue weighted by Gasteiger charge is 2.16. The Morgan fingerprint density at radius 1 is 0.875 bits per heavy atom. The Morgan fingerprint density at radius 2 is 1.59 bits per heavy atom. The fraction of sp³-hybridized carbons (Fsp3) is 0.160. The van der Waals surface area contributed by atoms with Crippen LogP contribution in [0.1, 0.15) is 50.5 Å². The summed E-state index contributed by atoms with van der Waals surface area (Å²) in [5.74, 6) is -1.24. The summed E-state index contributed by atoms with van der Waals surface area (Å²) in [5, 5.41) is 12.2. The van der Waals surface area contributed by atoms with Crippen LogP contribution in [0.5, 0.6) is 11.5 Å². The summed E-state index contributed by atoms with van der Waals surface area (Å²) in [6.07, 6.45) is 0. The number of hydrogen-bond acceptors (Lipinski definition) is 5. The van der Waals surface area contributed by atoms with E-state index in [4.69, 9.17) is 9.47 Å². The predicted molar refractivity (Wildman–Crippen MR) is 120 cm³/mol. The van der Waals surface area contributed by atoms with Crippen molar-refractivity contribution in [3.8, 4) is 11.5 Å². The second-order valence-corrected chi connectivity index (χ2v) is 6.98. The lowest BCUT2D eigenvalue weighted by molar-refractivity contribution is 0.0696. The second kappa shape index (κ2) is 10.3. The Kier molecular flexibility index (Phi) is 7.23. The Balaban J connectivity index is 1.88. The average molecular weight is 433 g/mol. The molecule has 1 amide bonds. The molecule has 0 saturated carbocycles. The zero-order chi connectivity index (χ0) is 23.1. The van der Waals surface area contributed by atoms with Crippen molar-refractivity contribution in [1.82, 2.24) is 0 Å². The maximum Gasteiger partial charge on any atom is 0.335 e. The van der Waals surface area contributed by atoms with E-state index in [2.05, 4.69) is 5.32 Å². The van der Waals surface area contributed by atoms with Crippen molar-refractivity contribution in [2.24, 2.45) is 0 Å². The van der Waals surface area contributed by atoms with Crippen LogP contribution in [0.25, 0.3) is 0 Å². The van der Waals surface area contributed by atoms with Gasteiger partial charge < -0.3 is 19.9 Å². The summed E-state index contributed by atoms with van der Waals surface area (Å²) in [7, 11) is 0. The number of benzene rings is 3. The van der Waals surface area contributed by atoms with Gasteiger partial charge in [0.15, 0.2) is 5.78 Å². The molecule has 0 aromatic heterocycles. The number of Topliss-reactive ketones (excluding diaryl/α,β-unsaturated/α-hetero) is 1. The van der Waals surface area contributed by atoms with Crippen molar-refractivity contribution in [2.75, 3.05) is 11.9 Å². The topological polar surface area (TPSA) is 102 Å². The third-order valence-electron chi connectivity index (χ3n) is 4.60. The number of rotatable bonds is 9. The van der Waals surface area contributed by atoms with Crippen molar-refractivity contribution in [2.45, 2.75) is 20.5 Å². The first-order valence-corrected chi connectivity index (χ1v) is 10.0. The van der Waals surface area contributed by atoms with E-state index in [1.807, 2.05) is 30.3 Å². The van der Waals surface area contributed by atoms with E-state index in [-0.39, 0.29) is 29.3 Å². The van der Waals surface area contributed by atoms with Crippen molar-refractivity contribution in [1.29, 1.82) is 0 Å². The first kappa shape index (κ1) is 22.6. The lowest BCUT2D eigenvalue weighted by Gasteiger charge is -2.14. The Morgan fingerprint density at radius 3 is 2.25 bits per heavy atom. The van der Waals surface area contributed by atoms with Crippen molar-refractivity contribution in [3.63, 3.8) is 0 Å². The molecular formula is C25H23NO6. The summed E-state index contributed by atoms with van der Waals surface area (Å²) >= 11 is 0. The molecule has 0 bridgehead atoms. The van der Waals surface area contributed by atoms with Crippen LogP contribution in [0.4, 0.5) is 5.69 Å². The molecule has 0 aliphatic heterocycles. The number of amides is 1. The Labute approximate surface area is 185 Å². The molecule has 0 heterocycles. The summed E-state index contributed by atoms with van der Waals surface area (Å²) in [4.78, 5) is 36.3. The highest BCUT2D eigenvalue weighted by Crippen LogP contribution is 2.28. The fourth-order valence-corrected chi connectivity index (χ4v) is 3.00. The molecule has 3 rings (SSSR count). The minimum atomic E-state index is -1.18. The number of hydrogen-bond donors (Lipinski definition) is 2. The van der Waals surface area contributed by atoms with Gasteiger partial charge >= 0.3 is 5.97 Å². The van der Waals surface area contributed by atoms with E-state index in [1.165, 1.54) is 31.2 Å². The van der Waals surface area contributed by atoms with Gasteiger partial charge in [0.1, 0.15) is 18.1 Å². The zero-order valence-electron chi connectivity index (χ0n) is 17.8. The van der Waals surface area contributed by atoms with Gasteiger partial charge in [-0.2, -0.15) is 0 Å². The average Bonchev–Trinajstić information content (AvgIpc) is 2.79. The Bertz CT molecular complexity index is 1140. The molecular weight excluding hydrogens is 410 g/mol. The number of nitrogens with one attached hydrogen (secondary N) is 1. The van der Waals surface area contributed by atoms with Gasteiger partial charge in [-0.3, -0.25) is 9.59 Å². The molecule has 3 aromatic rings. The third kappa shape index (κ3) is 5.72. The summed E-state index contributed by atoms with van der Waals surface area (Å²) in [6.45, 7) is 3.82. The van der Waals surface area contributed by atoms with Crippen LogP contribution in [-0.4, -0.2) is 29.4 Å². The van der Waals surface area contributed by atoms with Gasteiger partial charge in [0.25, 0.3) is 5.91 Å². The molecule has 0 saturated heterocycles. The van der Waals surface area contributed by atoms with Gasteiger partial charge in [-0.15, -0.1) is 0 Å². The smallest absolute Gasteiger partial charge is 0.335 e. The molecule has 0 fully saturated rings. The van der Waals surface area contributed by atoms with Crippen LogP contribution in [0.15, 0.2) is 66.7 Å². The van der Waals surface area contributed by atoms with Crippen molar-refractivity contribution >= 4 is 23.3 Å². The fourth-order valence-electron chi connectivity index (χ4n) is 3.00. The van der Waals surface area contributed by atoms with Gasteiger partial charge in [0.05, 0.1) is 17.9 Å². The number of aromatic carboxylic acids is 1. The lowest BCUT2D eigenvalue weighted by Crippen LogP contribution is -2.15. The van der Waals surface area contributed by atoms with Crippen LogP contribution in [0.3, 0.4) is 0 Å². The van der Waals surface area contributed by atoms with Crippen molar-refractivity contribution in [3.05, 3.63) is 89.0 Å². The van der Waals surface area contributed by atoms with E-state index in [0.29, 0.717) is 23.6 Å². The largest absolute Gasteiger partial charge is 0.492 e. The molecule has 7 heteroatoms. The first-order chi connectivity index (χ1) is 15.4. The molecule has 0 unspecified atom stereocenters. The number of ether oxygens (including phenoxy) is 2. The molecule has 0 aliphatic rings. The molecule has 32 heavy (non-hydrogen) atoms. The van der Waals surface area contributed by atoms with Crippen LogP contribution >= 0.6 is 0 Å². The van der Waals surface area contributed by atoms with Crippen LogP contribution < -0.4 is 14.8 Å². The minimum absolute atomic E-state index is 0.0803. The number of carbonyl (C=O) groups is 3. The maximum absolute atomic E-state index is 13.0. The summed E-state index contributed by atoms with van der Waals surface area (Å²) < 4.78 is 11.3. The highest BCUT2D eigenvalue weighted by molar-refractivity contribution is 6.07. The van der Waals surface area contributed by atoms with E-state index < -0.39 is 11.9 Å². The minimum Gasteiger partial charge on any atom is -0.492 e. The maximum atomic E-state index is 13.0. The van der Waals surface area contributed by atoms with Gasteiger partial charge in [-0.05, 0) is 55.8 Å². The number of ketones is 1. The van der Waals surface area contributed by atoms with Crippen LogP contribution in [0.2, 0.25) is 0 Å². The SMILES string of the molecule is CCOc1ccc(C(C)=O)cc1NC(=O)c1cc(OCc2ccccc2)cc(C(=O)O)c1. The molecule has 0 radical (unpaired) electrons. The normalized spacial score (nSPS) is 10.3. The predicted octanol–water partition coefficient (Wildman–Crippen LogP) is 4.82. The molecule has 0 aliphatic carbocycles. The summed E-state index contributed by atoms with van der Waals surface area (Å²) in [6, 6.07) is 18.2. The number of carbonyl (C=O) groups excluding carboxylic acids is 2. The zero-order valence-corrected chi connectivity index (χ0v) is 17.8. The van der Waals surface area contributed by atoms with Gasteiger partial charge in [0.2, 0.25) is 0 Å². The second-order valence-electron chi connectivity index (χ2n) is 6.98. The molecule has 164 valence electrons. The summed E-state index contributed by atoms with van der Waals surface area (Å²) in [5.41, 5.74) is 1.65. The van der Waals surface area contributed by atoms with E-state index in [1.54, 1.807) is 19.1 Å². The molecule has 7 nitrogen and oxygen atoms in total. The van der Waals surface area contributed by atoms with E-state index in [9.17, 15) is 19.5 Å². The van der Waals surface area contributed by atoms with Crippen LogP contribution in [-0.2, 0) is 6.61 Å². The molecule has 0 atom stereocenters. The van der Waals surface area contributed by atoms with Gasteiger partial charge in [-0.25, -0.2) is 4.79 Å². The number of carboxylic acid groups (broad SMARTS) is 1. The van der Waals surface area contributed by atoms with Gasteiger partial charge in [0, 0.05) is 11.1 Å². The standard InChI is InChI=1S/C25H23NO6/c1-3-31-23-10-9-18(16(2)27)14-22(23)26-24(28)19-11-20(25(29)30)13-21(12-19)32-15-17-7-5-4-6-8-17/h4-14H,3,15H2,1-2H3,(H,26,28)(H,29,30). The van der Waals surface area contributed by atoms with Crippen molar-refractivity contribution < 1.29 is 29.0 Å². The quantitative estimate of drug-likeness (QED) is 0.469. The molecule has 0 spiro atoms. The highest BCUT2D eigenvalue weighted by atomic mass is 16.5. The molecule has 3 aromatic carbocycles. The van der Waals surface area contributed by atoms with E-state index >= 15 is 0 Å². The first-order valence-electron chi connectivity index (χ1n) is 10.0.